The fourth-order valence-electron chi connectivity index (χ4n) is 3.15. The number of anilines is 2. The van der Waals surface area contributed by atoms with E-state index >= 15 is 0 Å². The van der Waals surface area contributed by atoms with Gasteiger partial charge in [-0.3, -0.25) is 4.79 Å². The number of ether oxygens (including phenoxy) is 1. The van der Waals surface area contributed by atoms with Crippen molar-refractivity contribution in [1.82, 2.24) is 0 Å². The number of rotatable bonds is 7. The Hall–Kier alpha value is -3.35. The fourth-order valence-corrected chi connectivity index (χ4v) is 3.15. The van der Waals surface area contributed by atoms with E-state index in [4.69, 9.17) is 10.5 Å². The minimum absolute atomic E-state index is 0.139. The van der Waals surface area contributed by atoms with Gasteiger partial charge < -0.3 is 26.0 Å². The van der Waals surface area contributed by atoms with Gasteiger partial charge in [-0.05, 0) is 42.1 Å². The van der Waals surface area contributed by atoms with Crippen LogP contribution in [-0.4, -0.2) is 28.8 Å². The summed E-state index contributed by atoms with van der Waals surface area (Å²) in [6.45, 7) is 2.17. The molecule has 0 heterocycles. The predicted octanol–water partition coefficient (Wildman–Crippen LogP) is 3.76. The minimum Gasteiger partial charge on any atom is -0.507 e. The topological polar surface area (TPSA) is 105 Å². The van der Waals surface area contributed by atoms with Gasteiger partial charge >= 0.3 is 0 Å². The number of aliphatic hydroxyl groups is 1. The van der Waals surface area contributed by atoms with E-state index in [9.17, 15) is 15.0 Å². The Labute approximate surface area is 169 Å². The predicted molar refractivity (Wildman–Crippen MR) is 115 cm³/mol. The van der Waals surface area contributed by atoms with Gasteiger partial charge in [0.1, 0.15) is 18.0 Å². The maximum Gasteiger partial charge on any atom is 0.248 e. The molecule has 150 valence electrons. The summed E-state index contributed by atoms with van der Waals surface area (Å²) in [4.78, 5) is 12.3. The minimum atomic E-state index is -1.02. The highest BCUT2D eigenvalue weighted by Crippen LogP contribution is 2.33. The molecule has 0 unspecified atom stereocenters. The number of para-hydroxylation sites is 2. The van der Waals surface area contributed by atoms with Crippen molar-refractivity contribution in [3.05, 3.63) is 78.4 Å². The first-order valence-electron chi connectivity index (χ1n) is 9.35. The highest BCUT2D eigenvalue weighted by atomic mass is 16.5. The number of benzene rings is 3. The zero-order chi connectivity index (χ0) is 20.8. The zero-order valence-electron chi connectivity index (χ0n) is 16.1. The number of hydrogen-bond donors (Lipinski definition) is 4. The summed E-state index contributed by atoms with van der Waals surface area (Å²) < 4.78 is 5.66. The molecule has 0 aromatic heterocycles. The lowest BCUT2D eigenvalue weighted by Crippen LogP contribution is -2.21. The van der Waals surface area contributed by atoms with Crippen LogP contribution in [-0.2, 0) is 9.53 Å². The van der Waals surface area contributed by atoms with Gasteiger partial charge in [0.15, 0.2) is 0 Å². The van der Waals surface area contributed by atoms with Crippen LogP contribution >= 0.6 is 0 Å². The number of phenolic OH excluding ortho intramolecular Hbond substituents is 1. The summed E-state index contributed by atoms with van der Waals surface area (Å²) in [7, 11) is 0. The number of nitrogens with two attached hydrogens (primary N) is 1. The Morgan fingerprint density at radius 2 is 1.79 bits per heavy atom. The van der Waals surface area contributed by atoms with E-state index in [0.29, 0.717) is 28.9 Å². The number of amides is 1. The lowest BCUT2D eigenvalue weighted by molar-refractivity contribution is -0.112. The third-order valence-corrected chi connectivity index (χ3v) is 4.58. The van der Waals surface area contributed by atoms with Gasteiger partial charge in [-0.2, -0.15) is 0 Å². The molecule has 0 aliphatic rings. The summed E-state index contributed by atoms with van der Waals surface area (Å²) in [5.41, 5.74) is 7.42. The highest BCUT2D eigenvalue weighted by Gasteiger charge is 2.22. The van der Waals surface area contributed by atoms with E-state index in [1.165, 1.54) is 12.2 Å². The second-order valence-corrected chi connectivity index (χ2v) is 6.52. The fraction of sp³-hybridized carbons (Fsp3) is 0.174. The maximum atomic E-state index is 12.3. The molecule has 3 rings (SSSR count). The van der Waals surface area contributed by atoms with Crippen LogP contribution in [0.5, 0.6) is 5.75 Å². The van der Waals surface area contributed by atoms with Crippen LogP contribution in [0.15, 0.2) is 72.8 Å². The first kappa shape index (κ1) is 20.4. The first-order chi connectivity index (χ1) is 14.0. The van der Waals surface area contributed by atoms with Crippen molar-refractivity contribution in [2.75, 3.05) is 17.7 Å². The second-order valence-electron chi connectivity index (χ2n) is 6.52. The van der Waals surface area contributed by atoms with Crippen molar-refractivity contribution in [3.8, 4) is 5.75 Å². The normalized spacial score (nSPS) is 13.4. The van der Waals surface area contributed by atoms with E-state index in [1.807, 2.05) is 25.1 Å². The number of fused-ring (bicyclic) bond motifs is 1. The van der Waals surface area contributed by atoms with Crippen LogP contribution in [0.2, 0.25) is 0 Å². The van der Waals surface area contributed by atoms with Gasteiger partial charge in [0.25, 0.3) is 0 Å². The van der Waals surface area contributed by atoms with Crippen molar-refractivity contribution in [2.24, 2.45) is 0 Å². The number of carbonyl (C=O) groups is 1. The monoisotopic (exact) mass is 392 g/mol. The summed E-state index contributed by atoms with van der Waals surface area (Å²) >= 11 is 0. The van der Waals surface area contributed by atoms with Crippen LogP contribution in [0, 0.1) is 0 Å². The number of aliphatic hydroxyl groups excluding tert-OH is 1. The van der Waals surface area contributed by atoms with Crippen molar-refractivity contribution < 1.29 is 19.7 Å². The van der Waals surface area contributed by atoms with Gasteiger partial charge in [-0.25, -0.2) is 0 Å². The molecule has 3 aromatic rings. The largest absolute Gasteiger partial charge is 0.507 e. The number of aromatic hydroxyl groups is 1. The summed E-state index contributed by atoms with van der Waals surface area (Å²) in [6.07, 6.45) is 1.07. The Morgan fingerprint density at radius 3 is 2.52 bits per heavy atom. The molecule has 0 aliphatic heterocycles. The van der Waals surface area contributed by atoms with E-state index in [0.717, 1.165) is 5.39 Å². The Kier molecular flexibility index (Phi) is 6.49. The van der Waals surface area contributed by atoms with Crippen molar-refractivity contribution in [1.29, 1.82) is 0 Å². The van der Waals surface area contributed by atoms with Gasteiger partial charge in [0.2, 0.25) is 5.91 Å². The van der Waals surface area contributed by atoms with Crippen molar-refractivity contribution in [2.45, 2.75) is 19.1 Å². The zero-order valence-corrected chi connectivity index (χ0v) is 16.1. The molecule has 0 saturated carbocycles. The summed E-state index contributed by atoms with van der Waals surface area (Å²) in [5, 5.41) is 25.1. The number of nitrogens with one attached hydrogen (secondary N) is 1. The average Bonchev–Trinajstić information content (AvgIpc) is 2.73. The molecule has 0 saturated heterocycles. The SMILES string of the molecule is CCO[C@H](/C=C/C(=O)Nc1ccccc1N)[C@H](O)c1ccc(O)c2ccccc12. The molecule has 0 fully saturated rings. The Balaban J connectivity index is 1.82. The van der Waals surface area contributed by atoms with Crippen LogP contribution < -0.4 is 11.1 Å². The molecule has 2 atom stereocenters. The molecule has 29 heavy (non-hydrogen) atoms. The van der Waals surface area contributed by atoms with Gasteiger partial charge in [0.05, 0.1) is 11.4 Å². The Morgan fingerprint density at radius 1 is 1.10 bits per heavy atom. The van der Waals surface area contributed by atoms with Gasteiger partial charge in [0, 0.05) is 18.1 Å². The maximum absolute atomic E-state index is 12.3. The summed E-state index contributed by atoms with van der Waals surface area (Å²) in [6, 6.07) is 17.4. The molecule has 1 amide bonds. The lowest BCUT2D eigenvalue weighted by Gasteiger charge is -2.22. The van der Waals surface area contributed by atoms with Crippen LogP contribution in [0.4, 0.5) is 11.4 Å². The number of phenols is 1. The van der Waals surface area contributed by atoms with E-state index in [-0.39, 0.29) is 11.7 Å². The first-order valence-corrected chi connectivity index (χ1v) is 9.35. The highest BCUT2D eigenvalue weighted by molar-refractivity contribution is 6.01. The second kappa shape index (κ2) is 9.23. The van der Waals surface area contributed by atoms with E-state index in [1.54, 1.807) is 42.5 Å². The number of carbonyl (C=O) groups excluding carboxylic acids is 1. The third-order valence-electron chi connectivity index (χ3n) is 4.58. The molecule has 6 nitrogen and oxygen atoms in total. The number of nitrogen functional groups attached to an aromatic ring is 1. The smallest absolute Gasteiger partial charge is 0.248 e. The van der Waals surface area contributed by atoms with Crippen LogP contribution in [0.1, 0.15) is 18.6 Å². The average molecular weight is 392 g/mol. The standard InChI is InChI=1S/C23H24N2O4/c1-2-29-21(13-14-22(27)25-19-10-6-5-9-18(19)24)23(28)17-11-12-20(26)16-8-4-3-7-15(16)17/h3-14,21,23,26,28H,2,24H2,1H3,(H,25,27)/b14-13+/t21-,23-/m1/s1. The lowest BCUT2D eigenvalue weighted by atomic mass is 9.96. The van der Waals surface area contributed by atoms with E-state index < -0.39 is 12.2 Å². The molecule has 0 bridgehead atoms. The molecular formula is C23H24N2O4. The van der Waals surface area contributed by atoms with Crippen LogP contribution in [0.3, 0.4) is 0 Å². The third kappa shape index (κ3) is 4.74. The molecule has 6 heteroatoms. The quantitative estimate of drug-likeness (QED) is 0.362. The molecular weight excluding hydrogens is 368 g/mol. The van der Waals surface area contributed by atoms with Crippen molar-refractivity contribution in [3.63, 3.8) is 0 Å². The number of hydrogen-bond acceptors (Lipinski definition) is 5. The van der Waals surface area contributed by atoms with Crippen molar-refractivity contribution >= 4 is 28.1 Å². The Bertz CT molecular complexity index is 1030. The van der Waals surface area contributed by atoms with Crippen LogP contribution in [0.25, 0.3) is 10.8 Å². The molecule has 5 N–H and O–H groups in total. The molecule has 3 aromatic carbocycles. The van der Waals surface area contributed by atoms with E-state index in [2.05, 4.69) is 5.32 Å². The summed E-state index contributed by atoms with van der Waals surface area (Å²) in [5.74, 6) is -0.241. The molecule has 0 aliphatic carbocycles. The molecule has 0 radical (unpaired) electrons. The van der Waals surface area contributed by atoms with Gasteiger partial charge in [-0.15, -0.1) is 0 Å². The van der Waals surface area contributed by atoms with Gasteiger partial charge in [-0.1, -0.05) is 42.5 Å². The molecule has 0 spiro atoms.